The molecule has 142 valence electrons. The van der Waals surface area contributed by atoms with E-state index >= 15 is 0 Å². The molecule has 0 aromatic heterocycles. The predicted molar refractivity (Wildman–Crippen MR) is 102 cm³/mol. The van der Waals surface area contributed by atoms with E-state index in [9.17, 15) is 14.4 Å². The number of thioether (sulfide) groups is 1. The van der Waals surface area contributed by atoms with Gasteiger partial charge in [-0.15, -0.1) is 11.8 Å². The second-order valence-electron chi connectivity index (χ2n) is 5.72. The molecule has 1 fully saturated rings. The Balaban J connectivity index is 1.75. The topological polar surface area (TPSA) is 95.9 Å². The molecule has 7 nitrogen and oxygen atoms in total. The van der Waals surface area contributed by atoms with Gasteiger partial charge < -0.3 is 20.1 Å². The van der Waals surface area contributed by atoms with Gasteiger partial charge in [-0.25, -0.2) is 4.79 Å². The number of carbonyl (C=O) groups excluding carboxylic acids is 2. The molecule has 2 aliphatic heterocycles. The molecule has 1 aromatic rings. The van der Waals surface area contributed by atoms with Crippen molar-refractivity contribution in [2.45, 2.75) is 11.4 Å². The lowest BCUT2D eigenvalue weighted by molar-refractivity contribution is -0.144. The quantitative estimate of drug-likeness (QED) is 0.551. The molecule has 0 saturated carbocycles. The van der Waals surface area contributed by atoms with Crippen molar-refractivity contribution in [1.29, 1.82) is 0 Å². The SMILES string of the molecule is COc1ccc(C(C(=O)NC2C(=O)N3C=C(C(=O)O)CS[C@H]23)=C(Cl)Cl)cc1. The third-order valence-electron chi connectivity index (χ3n) is 4.14. The molecule has 3 rings (SSSR count). The van der Waals surface area contributed by atoms with Crippen LogP contribution in [0.1, 0.15) is 5.56 Å². The molecule has 0 bridgehead atoms. The molecule has 1 aromatic carbocycles. The third-order valence-corrected chi connectivity index (χ3v) is 5.84. The second kappa shape index (κ2) is 7.84. The van der Waals surface area contributed by atoms with E-state index < -0.39 is 17.9 Å². The van der Waals surface area contributed by atoms with E-state index in [1.54, 1.807) is 24.3 Å². The van der Waals surface area contributed by atoms with Crippen molar-refractivity contribution in [3.63, 3.8) is 0 Å². The molecule has 0 spiro atoms. The van der Waals surface area contributed by atoms with Crippen molar-refractivity contribution < 1.29 is 24.2 Å². The average Bonchev–Trinajstić information content (AvgIpc) is 2.65. The van der Waals surface area contributed by atoms with Crippen molar-refractivity contribution in [3.05, 3.63) is 46.1 Å². The van der Waals surface area contributed by atoms with Gasteiger partial charge >= 0.3 is 5.97 Å². The van der Waals surface area contributed by atoms with Crippen molar-refractivity contribution >= 4 is 58.3 Å². The maximum Gasteiger partial charge on any atom is 0.333 e. The molecule has 0 aliphatic carbocycles. The molecule has 27 heavy (non-hydrogen) atoms. The van der Waals surface area contributed by atoms with Crippen LogP contribution in [0.4, 0.5) is 0 Å². The van der Waals surface area contributed by atoms with Crippen LogP contribution in [0.25, 0.3) is 5.57 Å². The van der Waals surface area contributed by atoms with Crippen LogP contribution in [0.5, 0.6) is 5.75 Å². The smallest absolute Gasteiger partial charge is 0.333 e. The number of hydrogen-bond acceptors (Lipinski definition) is 5. The van der Waals surface area contributed by atoms with Crippen molar-refractivity contribution in [3.8, 4) is 5.75 Å². The zero-order valence-corrected chi connectivity index (χ0v) is 16.3. The van der Waals surface area contributed by atoms with Crippen LogP contribution in [0.3, 0.4) is 0 Å². The number of ether oxygens (including phenoxy) is 1. The number of methoxy groups -OCH3 is 1. The van der Waals surface area contributed by atoms with Gasteiger partial charge in [0.2, 0.25) is 0 Å². The predicted octanol–water partition coefficient (Wildman–Crippen LogP) is 2.21. The molecule has 2 amide bonds. The Hall–Kier alpha value is -2.16. The number of aliphatic carboxylic acids is 1. The molecule has 2 heterocycles. The third kappa shape index (κ3) is 3.78. The number of nitrogens with zero attached hydrogens (tertiary/aromatic N) is 1. The summed E-state index contributed by atoms with van der Waals surface area (Å²) >= 11 is 13.1. The maximum absolute atomic E-state index is 12.7. The minimum absolute atomic E-state index is 0.0369. The number of amides is 2. The molecule has 1 unspecified atom stereocenters. The van der Waals surface area contributed by atoms with Gasteiger partial charge in [0.05, 0.1) is 18.3 Å². The van der Waals surface area contributed by atoms with Crippen LogP contribution in [-0.4, -0.2) is 52.1 Å². The average molecular weight is 429 g/mol. The number of halogens is 2. The summed E-state index contributed by atoms with van der Waals surface area (Å²) in [5.74, 6) is -1.20. The first kappa shape index (κ1) is 19.6. The largest absolute Gasteiger partial charge is 0.497 e. The summed E-state index contributed by atoms with van der Waals surface area (Å²) in [5.41, 5.74) is 0.646. The summed E-state index contributed by atoms with van der Waals surface area (Å²) in [7, 11) is 1.52. The molecular weight excluding hydrogens is 415 g/mol. The van der Waals surface area contributed by atoms with Crippen LogP contribution < -0.4 is 10.1 Å². The first-order chi connectivity index (χ1) is 12.8. The van der Waals surface area contributed by atoms with Crippen LogP contribution in [0, 0.1) is 0 Å². The van der Waals surface area contributed by atoms with Gasteiger partial charge in [-0.3, -0.25) is 9.59 Å². The summed E-state index contributed by atoms with van der Waals surface area (Å²) in [5, 5.41) is 11.3. The minimum atomic E-state index is -1.07. The Morgan fingerprint density at radius 3 is 2.52 bits per heavy atom. The molecule has 2 N–H and O–H groups in total. The van der Waals surface area contributed by atoms with Gasteiger partial charge in [-0.1, -0.05) is 35.3 Å². The number of carboxylic acids is 1. The van der Waals surface area contributed by atoms with Gasteiger partial charge in [0.15, 0.2) is 0 Å². The molecule has 0 radical (unpaired) electrons. The molecule has 2 aliphatic rings. The fourth-order valence-electron chi connectivity index (χ4n) is 2.73. The zero-order chi connectivity index (χ0) is 19.7. The highest BCUT2D eigenvalue weighted by molar-refractivity contribution is 8.00. The van der Waals surface area contributed by atoms with Gasteiger partial charge in [0, 0.05) is 12.0 Å². The number of β-lactam (4-membered cyclic amide) rings is 1. The molecule has 2 atom stereocenters. The second-order valence-corrected chi connectivity index (χ2v) is 7.78. The van der Waals surface area contributed by atoms with E-state index in [0.29, 0.717) is 11.3 Å². The Kier molecular flexibility index (Phi) is 5.69. The fourth-order valence-corrected chi connectivity index (χ4v) is 4.37. The van der Waals surface area contributed by atoms with E-state index in [2.05, 4.69) is 5.32 Å². The first-order valence-electron chi connectivity index (χ1n) is 7.71. The number of carbonyl (C=O) groups is 3. The van der Waals surface area contributed by atoms with Crippen LogP contribution in [0.15, 0.2) is 40.5 Å². The lowest BCUT2D eigenvalue weighted by Crippen LogP contribution is -2.68. The van der Waals surface area contributed by atoms with Gasteiger partial charge in [0.1, 0.15) is 21.7 Å². The summed E-state index contributed by atoms with van der Waals surface area (Å²) in [6.07, 6.45) is 1.31. The number of hydrogen-bond donors (Lipinski definition) is 2. The van der Waals surface area contributed by atoms with E-state index in [1.807, 2.05) is 0 Å². The monoisotopic (exact) mass is 428 g/mol. The normalized spacial score (nSPS) is 20.8. The van der Waals surface area contributed by atoms with Crippen LogP contribution in [0.2, 0.25) is 0 Å². The van der Waals surface area contributed by atoms with Gasteiger partial charge in [0.25, 0.3) is 11.8 Å². The summed E-state index contributed by atoms with van der Waals surface area (Å²) < 4.78 is 4.85. The Bertz CT molecular complexity index is 865. The zero-order valence-electron chi connectivity index (χ0n) is 13.9. The Morgan fingerprint density at radius 2 is 1.96 bits per heavy atom. The van der Waals surface area contributed by atoms with Crippen LogP contribution >= 0.6 is 35.0 Å². The van der Waals surface area contributed by atoms with Crippen molar-refractivity contribution in [2.75, 3.05) is 12.9 Å². The van der Waals surface area contributed by atoms with Crippen molar-refractivity contribution in [2.24, 2.45) is 0 Å². The fraction of sp³-hybridized carbons (Fsp3) is 0.235. The number of fused-ring (bicyclic) bond motifs is 1. The number of carboxylic acid groups (broad SMARTS) is 1. The van der Waals surface area contributed by atoms with Crippen LogP contribution in [-0.2, 0) is 14.4 Å². The van der Waals surface area contributed by atoms with Crippen molar-refractivity contribution in [1.82, 2.24) is 10.2 Å². The summed E-state index contributed by atoms with van der Waals surface area (Å²) in [6, 6.07) is 5.79. The maximum atomic E-state index is 12.7. The number of rotatable bonds is 5. The highest BCUT2D eigenvalue weighted by atomic mass is 35.5. The highest BCUT2D eigenvalue weighted by Crippen LogP contribution is 2.36. The van der Waals surface area contributed by atoms with E-state index in [4.69, 9.17) is 33.0 Å². The summed E-state index contributed by atoms with van der Waals surface area (Å²) in [6.45, 7) is 0. The lowest BCUT2D eigenvalue weighted by atomic mass is 10.0. The summed E-state index contributed by atoms with van der Waals surface area (Å²) in [4.78, 5) is 37.3. The van der Waals surface area contributed by atoms with Gasteiger partial charge in [-0.2, -0.15) is 0 Å². The number of benzene rings is 1. The Labute approximate surface area is 168 Å². The lowest BCUT2D eigenvalue weighted by Gasteiger charge is -2.47. The highest BCUT2D eigenvalue weighted by Gasteiger charge is 2.50. The minimum Gasteiger partial charge on any atom is -0.497 e. The Morgan fingerprint density at radius 1 is 1.30 bits per heavy atom. The van der Waals surface area contributed by atoms with Gasteiger partial charge in [-0.05, 0) is 17.7 Å². The molecule has 1 saturated heterocycles. The molecule has 10 heteroatoms. The first-order valence-corrected chi connectivity index (χ1v) is 9.52. The standard InChI is InChI=1S/C17H14Cl2N2O5S/c1-26-10-4-2-8(3-5-10)11(13(18)19)14(22)20-12-15(23)21-6-9(17(24)25)7-27-16(12)21/h2-6,12,16H,7H2,1H3,(H,20,22)(H,24,25)/t12?,16-/m1/s1. The number of nitrogens with one attached hydrogen (secondary N) is 1. The van der Waals surface area contributed by atoms with E-state index in [1.165, 1.54) is 30.0 Å². The molecular formula is C17H14Cl2N2O5S. The van der Waals surface area contributed by atoms with E-state index in [-0.39, 0.29) is 32.7 Å². The van der Waals surface area contributed by atoms with E-state index in [0.717, 1.165) is 0 Å².